The largest absolute Gasteiger partial charge is 0.493 e. The van der Waals surface area contributed by atoms with Gasteiger partial charge in [-0.25, -0.2) is 9.50 Å². The highest BCUT2D eigenvalue weighted by atomic mass is 16.5. The Labute approximate surface area is 199 Å². The molecule has 5 rings (SSSR count). The average molecular weight is 461 g/mol. The van der Waals surface area contributed by atoms with E-state index >= 15 is 0 Å². The van der Waals surface area contributed by atoms with Gasteiger partial charge in [0.1, 0.15) is 6.33 Å². The van der Waals surface area contributed by atoms with Crippen molar-refractivity contribution >= 4 is 22.5 Å². The summed E-state index contributed by atoms with van der Waals surface area (Å²) in [4.78, 5) is 24.3. The lowest BCUT2D eigenvalue weighted by Crippen LogP contribution is -2.42. The number of likely N-dealkylation sites (N-methyl/N-ethyl adjacent to an activating group) is 1. The highest BCUT2D eigenvalue weighted by molar-refractivity contribution is 5.91. The van der Waals surface area contributed by atoms with E-state index in [1.165, 1.54) is 16.5 Å². The van der Waals surface area contributed by atoms with Gasteiger partial charge in [0.05, 0.1) is 19.3 Å². The van der Waals surface area contributed by atoms with Gasteiger partial charge in [-0.1, -0.05) is 13.0 Å². The number of aromatic nitrogens is 4. The number of carbonyl (C=O) groups is 1. The van der Waals surface area contributed by atoms with Crippen LogP contribution in [0.1, 0.15) is 36.8 Å². The molecule has 4 aromatic rings. The van der Waals surface area contributed by atoms with Crippen molar-refractivity contribution < 1.29 is 9.53 Å². The number of methoxy groups -OCH3 is 1. The zero-order chi connectivity index (χ0) is 23.8. The predicted molar refractivity (Wildman–Crippen MR) is 133 cm³/mol. The van der Waals surface area contributed by atoms with Crippen LogP contribution in [0.5, 0.6) is 5.75 Å². The second-order valence-corrected chi connectivity index (χ2v) is 9.36. The second kappa shape index (κ2) is 9.10. The van der Waals surface area contributed by atoms with Crippen molar-refractivity contribution in [1.29, 1.82) is 0 Å². The number of amides is 1. The molecular weight excluding hydrogens is 428 g/mol. The maximum Gasteiger partial charge on any atom is 0.236 e. The normalized spacial score (nSPS) is 15.0. The van der Waals surface area contributed by atoms with Crippen LogP contribution < -0.4 is 4.74 Å². The Morgan fingerprint density at radius 1 is 1.24 bits per heavy atom. The SMILES string of the molecule is CCc1c(-c2cc(OC)c3ncnn3c2)[nH]c2ccc(C3CCN(C(=O)CN(C)C)CC3)cc12. The van der Waals surface area contributed by atoms with Crippen LogP contribution in [0.2, 0.25) is 0 Å². The smallest absolute Gasteiger partial charge is 0.236 e. The van der Waals surface area contributed by atoms with Crippen molar-refractivity contribution in [2.24, 2.45) is 0 Å². The molecule has 1 aliphatic heterocycles. The third kappa shape index (κ3) is 4.03. The van der Waals surface area contributed by atoms with Gasteiger partial charge in [-0.2, -0.15) is 5.10 Å². The number of piperidine rings is 1. The van der Waals surface area contributed by atoms with E-state index in [-0.39, 0.29) is 5.91 Å². The van der Waals surface area contributed by atoms with E-state index in [0.717, 1.165) is 49.1 Å². The third-order valence-corrected chi connectivity index (χ3v) is 6.90. The van der Waals surface area contributed by atoms with Crippen LogP contribution in [0, 0.1) is 0 Å². The molecule has 4 heterocycles. The highest BCUT2D eigenvalue weighted by Crippen LogP contribution is 2.36. The Morgan fingerprint density at radius 3 is 2.74 bits per heavy atom. The number of benzene rings is 1. The molecule has 34 heavy (non-hydrogen) atoms. The molecule has 0 bridgehead atoms. The number of ether oxygens (including phenoxy) is 1. The molecule has 1 N–H and O–H groups in total. The minimum Gasteiger partial charge on any atom is -0.493 e. The summed E-state index contributed by atoms with van der Waals surface area (Å²) in [5.74, 6) is 1.40. The molecule has 1 aliphatic rings. The minimum absolute atomic E-state index is 0.224. The first kappa shape index (κ1) is 22.4. The molecule has 8 heteroatoms. The molecule has 1 aromatic carbocycles. The summed E-state index contributed by atoms with van der Waals surface area (Å²) in [5.41, 5.74) is 6.60. The lowest BCUT2D eigenvalue weighted by atomic mass is 9.88. The summed E-state index contributed by atoms with van der Waals surface area (Å²) in [5, 5.41) is 5.58. The molecule has 0 aliphatic carbocycles. The number of nitrogens with one attached hydrogen (secondary N) is 1. The molecule has 0 atom stereocenters. The first-order valence-electron chi connectivity index (χ1n) is 11.9. The zero-order valence-electron chi connectivity index (χ0n) is 20.3. The molecule has 0 spiro atoms. The fourth-order valence-corrected chi connectivity index (χ4v) is 5.15. The molecular formula is C26H32N6O2. The molecule has 1 fully saturated rings. The van der Waals surface area contributed by atoms with Crippen LogP contribution in [-0.2, 0) is 11.2 Å². The number of aryl methyl sites for hydroxylation is 1. The van der Waals surface area contributed by atoms with E-state index in [4.69, 9.17) is 4.74 Å². The van der Waals surface area contributed by atoms with Crippen molar-refractivity contribution in [3.05, 3.63) is 47.9 Å². The number of likely N-dealkylation sites (tertiary alicyclic amines) is 1. The van der Waals surface area contributed by atoms with Gasteiger partial charge in [-0.3, -0.25) is 4.79 Å². The summed E-state index contributed by atoms with van der Waals surface area (Å²) in [6.45, 7) is 4.32. The van der Waals surface area contributed by atoms with Gasteiger partial charge in [0.15, 0.2) is 11.4 Å². The number of hydrogen-bond donors (Lipinski definition) is 1. The van der Waals surface area contributed by atoms with Crippen molar-refractivity contribution in [2.75, 3.05) is 40.8 Å². The van der Waals surface area contributed by atoms with Crippen LogP contribution in [0.3, 0.4) is 0 Å². The maximum absolute atomic E-state index is 12.4. The maximum atomic E-state index is 12.4. The second-order valence-electron chi connectivity index (χ2n) is 9.36. The number of rotatable bonds is 6. The molecule has 0 radical (unpaired) electrons. The Bertz CT molecular complexity index is 1330. The van der Waals surface area contributed by atoms with Gasteiger partial charge in [0.25, 0.3) is 0 Å². The quantitative estimate of drug-likeness (QED) is 0.475. The summed E-state index contributed by atoms with van der Waals surface area (Å²) in [6.07, 6.45) is 6.45. The van der Waals surface area contributed by atoms with Crippen molar-refractivity contribution in [2.45, 2.75) is 32.1 Å². The number of hydrogen-bond acceptors (Lipinski definition) is 5. The van der Waals surface area contributed by atoms with E-state index in [1.54, 1.807) is 18.0 Å². The first-order valence-corrected chi connectivity index (χ1v) is 11.9. The number of nitrogens with zero attached hydrogens (tertiary/aromatic N) is 5. The molecule has 8 nitrogen and oxygen atoms in total. The number of aromatic amines is 1. The number of H-pyrrole nitrogens is 1. The van der Waals surface area contributed by atoms with E-state index in [9.17, 15) is 4.79 Å². The standard InChI is InChI=1S/C26H32N6O2/c1-5-20-21-12-18(17-8-10-31(11-9-17)24(33)15-30(2)3)6-7-22(21)29-25(20)19-13-23(34-4)26-27-16-28-32(26)14-19/h6-7,12-14,16-17,29H,5,8-11,15H2,1-4H3. The van der Waals surface area contributed by atoms with Crippen molar-refractivity contribution in [3.8, 4) is 17.0 Å². The lowest BCUT2D eigenvalue weighted by molar-refractivity contribution is -0.132. The summed E-state index contributed by atoms with van der Waals surface area (Å²) < 4.78 is 7.33. The van der Waals surface area contributed by atoms with Crippen molar-refractivity contribution in [3.63, 3.8) is 0 Å². The van der Waals surface area contributed by atoms with Crippen LogP contribution in [0.25, 0.3) is 27.8 Å². The Balaban J connectivity index is 1.44. The Kier molecular flexibility index (Phi) is 6.00. The summed E-state index contributed by atoms with van der Waals surface area (Å²) >= 11 is 0. The lowest BCUT2D eigenvalue weighted by Gasteiger charge is -2.33. The Hall–Kier alpha value is -3.39. The predicted octanol–water partition coefficient (Wildman–Crippen LogP) is 3.72. The molecule has 1 saturated heterocycles. The average Bonchev–Trinajstić information content (AvgIpc) is 3.46. The highest BCUT2D eigenvalue weighted by Gasteiger charge is 2.25. The number of fused-ring (bicyclic) bond motifs is 2. The fraction of sp³-hybridized carbons (Fsp3) is 0.423. The molecule has 0 unspecified atom stereocenters. The van der Waals surface area contributed by atoms with Crippen molar-refractivity contribution in [1.82, 2.24) is 29.4 Å². The van der Waals surface area contributed by atoms with Crippen LogP contribution in [-0.4, -0.2) is 76.1 Å². The van der Waals surface area contributed by atoms with Crippen LogP contribution in [0.15, 0.2) is 36.8 Å². The van der Waals surface area contributed by atoms with Gasteiger partial charge in [-0.05, 0) is 68.6 Å². The van der Waals surface area contributed by atoms with E-state index in [2.05, 4.69) is 40.2 Å². The minimum atomic E-state index is 0.224. The van der Waals surface area contributed by atoms with E-state index in [0.29, 0.717) is 23.9 Å². The molecule has 178 valence electrons. The van der Waals surface area contributed by atoms with Crippen LogP contribution >= 0.6 is 0 Å². The van der Waals surface area contributed by atoms with Crippen LogP contribution in [0.4, 0.5) is 0 Å². The monoisotopic (exact) mass is 460 g/mol. The van der Waals surface area contributed by atoms with Gasteiger partial charge in [0, 0.05) is 35.8 Å². The molecule has 1 amide bonds. The zero-order valence-corrected chi connectivity index (χ0v) is 20.3. The van der Waals surface area contributed by atoms with Gasteiger partial charge in [0.2, 0.25) is 5.91 Å². The first-order chi connectivity index (χ1) is 16.5. The third-order valence-electron chi connectivity index (χ3n) is 6.90. The molecule has 3 aromatic heterocycles. The summed E-state index contributed by atoms with van der Waals surface area (Å²) in [6, 6.07) is 8.81. The fourth-order valence-electron chi connectivity index (χ4n) is 5.15. The Morgan fingerprint density at radius 2 is 2.03 bits per heavy atom. The number of pyridine rings is 1. The summed E-state index contributed by atoms with van der Waals surface area (Å²) in [7, 11) is 5.54. The van der Waals surface area contributed by atoms with Gasteiger partial charge >= 0.3 is 0 Å². The van der Waals surface area contributed by atoms with Gasteiger partial charge in [-0.15, -0.1) is 0 Å². The van der Waals surface area contributed by atoms with Gasteiger partial charge < -0.3 is 19.5 Å². The topological polar surface area (TPSA) is 78.8 Å². The van der Waals surface area contributed by atoms with E-state index < -0.39 is 0 Å². The van der Waals surface area contributed by atoms with E-state index in [1.807, 2.05) is 36.2 Å². The molecule has 0 saturated carbocycles. The number of carbonyl (C=O) groups excluding carboxylic acids is 1.